The molecule has 28 heavy (non-hydrogen) atoms. The minimum Gasteiger partial charge on any atom is -0.507 e. The van der Waals surface area contributed by atoms with Gasteiger partial charge in [0.1, 0.15) is 23.3 Å². The molecule has 1 aromatic carbocycles. The Bertz CT molecular complexity index is 1040. The van der Waals surface area contributed by atoms with Crippen molar-refractivity contribution in [2.45, 2.75) is 12.6 Å². The molecule has 1 atom stereocenters. The molecule has 0 saturated carbocycles. The van der Waals surface area contributed by atoms with Crippen molar-refractivity contribution >= 4 is 28.8 Å². The number of benzene rings is 1. The van der Waals surface area contributed by atoms with Gasteiger partial charge < -0.3 is 19.2 Å². The Morgan fingerprint density at radius 3 is 2.75 bits per heavy atom. The quantitative estimate of drug-likeness (QED) is 0.402. The molecule has 6 nitrogen and oxygen atoms in total. The highest BCUT2D eigenvalue weighted by atomic mass is 32.1. The van der Waals surface area contributed by atoms with E-state index in [0.717, 1.165) is 4.88 Å². The number of ether oxygens (including phenoxy) is 1. The summed E-state index contributed by atoms with van der Waals surface area (Å²) in [4.78, 5) is 28.0. The fraction of sp³-hybridized carbons (Fsp3) is 0.143. The van der Waals surface area contributed by atoms with Crippen LogP contribution in [0.5, 0.6) is 5.75 Å². The first-order chi connectivity index (χ1) is 13.6. The molecule has 2 aromatic heterocycles. The average molecular weight is 395 g/mol. The lowest BCUT2D eigenvalue weighted by atomic mass is 9.99. The van der Waals surface area contributed by atoms with Crippen molar-refractivity contribution in [3.63, 3.8) is 0 Å². The number of thiophene rings is 1. The summed E-state index contributed by atoms with van der Waals surface area (Å²) in [5.41, 5.74) is 0.398. The van der Waals surface area contributed by atoms with Crippen LogP contribution in [-0.4, -0.2) is 28.8 Å². The number of nitrogens with zero attached hydrogens (tertiary/aromatic N) is 1. The van der Waals surface area contributed by atoms with Crippen molar-refractivity contribution in [1.82, 2.24) is 4.90 Å². The zero-order valence-electron chi connectivity index (χ0n) is 15.0. The lowest BCUT2D eigenvalue weighted by Gasteiger charge is -2.22. The van der Waals surface area contributed by atoms with Gasteiger partial charge in [0.25, 0.3) is 11.7 Å². The molecule has 4 rings (SSSR count). The van der Waals surface area contributed by atoms with Crippen molar-refractivity contribution in [3.05, 3.63) is 81.9 Å². The Kier molecular flexibility index (Phi) is 4.75. The third-order valence-corrected chi connectivity index (χ3v) is 5.46. The molecule has 1 N–H and O–H groups in total. The van der Waals surface area contributed by atoms with Crippen LogP contribution in [0.25, 0.3) is 5.76 Å². The Balaban J connectivity index is 1.84. The number of aliphatic hydroxyl groups is 1. The standard InChI is InChI=1S/C21H17NO5S/c1-26-14-6-2-5-13(11-14)19(23)17-18(16-8-3-9-27-16)22(21(25)20(17)24)12-15-7-4-10-28-15/h2-11,18,23H,12H2,1H3/b19-17-. The molecule has 142 valence electrons. The van der Waals surface area contributed by atoms with Crippen molar-refractivity contribution in [1.29, 1.82) is 0 Å². The van der Waals surface area contributed by atoms with Gasteiger partial charge in [-0.3, -0.25) is 9.59 Å². The topological polar surface area (TPSA) is 80.0 Å². The molecule has 0 spiro atoms. The van der Waals surface area contributed by atoms with E-state index < -0.39 is 17.7 Å². The molecular weight excluding hydrogens is 378 g/mol. The summed E-state index contributed by atoms with van der Waals surface area (Å²) in [5.74, 6) is -0.712. The number of rotatable bonds is 5. The van der Waals surface area contributed by atoms with E-state index in [4.69, 9.17) is 9.15 Å². The zero-order valence-corrected chi connectivity index (χ0v) is 15.8. The largest absolute Gasteiger partial charge is 0.507 e. The van der Waals surface area contributed by atoms with Gasteiger partial charge >= 0.3 is 0 Å². The van der Waals surface area contributed by atoms with E-state index in [1.807, 2.05) is 17.5 Å². The molecule has 1 unspecified atom stereocenters. The van der Waals surface area contributed by atoms with E-state index in [1.165, 1.54) is 29.6 Å². The van der Waals surface area contributed by atoms with Gasteiger partial charge in [-0.15, -0.1) is 11.3 Å². The van der Waals surface area contributed by atoms with Crippen LogP contribution in [0.15, 0.2) is 70.2 Å². The Morgan fingerprint density at radius 1 is 1.21 bits per heavy atom. The molecule has 1 amide bonds. The highest BCUT2D eigenvalue weighted by Gasteiger charge is 2.47. The van der Waals surface area contributed by atoms with E-state index in [1.54, 1.807) is 36.4 Å². The van der Waals surface area contributed by atoms with Gasteiger partial charge in [-0.25, -0.2) is 0 Å². The fourth-order valence-electron chi connectivity index (χ4n) is 3.28. The van der Waals surface area contributed by atoms with E-state index in [2.05, 4.69) is 0 Å². The van der Waals surface area contributed by atoms with Gasteiger partial charge in [0.15, 0.2) is 0 Å². The summed E-state index contributed by atoms with van der Waals surface area (Å²) in [7, 11) is 1.52. The molecule has 1 aliphatic rings. The van der Waals surface area contributed by atoms with Gasteiger partial charge in [-0.1, -0.05) is 18.2 Å². The van der Waals surface area contributed by atoms with E-state index in [-0.39, 0.29) is 17.9 Å². The number of carbonyl (C=O) groups is 2. The number of likely N-dealkylation sites (tertiary alicyclic amines) is 1. The third kappa shape index (κ3) is 3.10. The smallest absolute Gasteiger partial charge is 0.296 e. The maximum Gasteiger partial charge on any atom is 0.296 e. The number of hydrogen-bond acceptors (Lipinski definition) is 6. The molecule has 1 fully saturated rings. The van der Waals surface area contributed by atoms with Gasteiger partial charge in [-0.05, 0) is 35.7 Å². The highest BCUT2D eigenvalue weighted by molar-refractivity contribution is 7.09. The third-order valence-electron chi connectivity index (χ3n) is 4.60. The maximum atomic E-state index is 12.8. The van der Waals surface area contributed by atoms with E-state index in [0.29, 0.717) is 17.1 Å². The number of furan rings is 1. The number of methoxy groups -OCH3 is 1. The zero-order chi connectivity index (χ0) is 19.7. The van der Waals surface area contributed by atoms with E-state index in [9.17, 15) is 14.7 Å². The maximum absolute atomic E-state index is 12.8. The highest BCUT2D eigenvalue weighted by Crippen LogP contribution is 2.41. The molecule has 0 bridgehead atoms. The van der Waals surface area contributed by atoms with Crippen LogP contribution < -0.4 is 4.74 Å². The van der Waals surface area contributed by atoms with Crippen LogP contribution in [0.4, 0.5) is 0 Å². The SMILES string of the molecule is COc1cccc(/C(O)=C2/C(=O)C(=O)N(Cc3cccs3)C2c2ccco2)c1. The molecule has 0 aliphatic carbocycles. The predicted molar refractivity (Wildman–Crippen MR) is 104 cm³/mol. The second-order valence-electron chi connectivity index (χ2n) is 6.25. The number of aliphatic hydroxyl groups excluding tert-OH is 1. The van der Waals surface area contributed by atoms with Crippen LogP contribution in [0.1, 0.15) is 22.2 Å². The van der Waals surface area contributed by atoms with Crippen LogP contribution in [0, 0.1) is 0 Å². The minimum absolute atomic E-state index is 0.00441. The molecule has 3 heterocycles. The number of hydrogen-bond donors (Lipinski definition) is 1. The number of amides is 1. The second-order valence-corrected chi connectivity index (χ2v) is 7.29. The van der Waals surface area contributed by atoms with Crippen molar-refractivity contribution in [3.8, 4) is 5.75 Å². The average Bonchev–Trinajstić information content (AvgIpc) is 3.46. The fourth-order valence-corrected chi connectivity index (χ4v) is 3.98. The summed E-state index contributed by atoms with van der Waals surface area (Å²) in [6, 6.07) is 13.1. The summed E-state index contributed by atoms with van der Waals surface area (Å²) in [5, 5.41) is 12.8. The first-order valence-corrected chi connectivity index (χ1v) is 9.46. The molecule has 0 radical (unpaired) electrons. The van der Waals surface area contributed by atoms with Gasteiger partial charge in [0.05, 0.1) is 25.5 Å². The molecule has 3 aromatic rings. The Labute approximate surface area is 165 Å². The van der Waals surface area contributed by atoms with Crippen LogP contribution >= 0.6 is 11.3 Å². The van der Waals surface area contributed by atoms with Crippen LogP contribution in [-0.2, 0) is 16.1 Å². The van der Waals surface area contributed by atoms with Crippen molar-refractivity contribution in [2.75, 3.05) is 7.11 Å². The summed E-state index contributed by atoms with van der Waals surface area (Å²) >= 11 is 1.49. The van der Waals surface area contributed by atoms with Crippen LogP contribution in [0.3, 0.4) is 0 Å². The van der Waals surface area contributed by atoms with Crippen molar-refractivity contribution in [2.24, 2.45) is 0 Å². The van der Waals surface area contributed by atoms with Crippen LogP contribution in [0.2, 0.25) is 0 Å². The number of ketones is 1. The predicted octanol–water partition coefficient (Wildman–Crippen LogP) is 3.97. The van der Waals surface area contributed by atoms with Crippen molar-refractivity contribution < 1.29 is 23.8 Å². The monoisotopic (exact) mass is 395 g/mol. The Hall–Kier alpha value is -3.32. The minimum atomic E-state index is -0.802. The molecule has 1 saturated heterocycles. The van der Waals surface area contributed by atoms with Gasteiger partial charge in [-0.2, -0.15) is 0 Å². The van der Waals surface area contributed by atoms with Gasteiger partial charge in [0.2, 0.25) is 0 Å². The first kappa shape index (κ1) is 18.1. The lowest BCUT2D eigenvalue weighted by molar-refractivity contribution is -0.140. The van der Waals surface area contributed by atoms with E-state index >= 15 is 0 Å². The summed E-state index contributed by atoms with van der Waals surface area (Å²) in [6.45, 7) is 0.252. The Morgan fingerprint density at radius 2 is 2.07 bits per heavy atom. The molecular formula is C21H17NO5S. The molecule has 1 aliphatic heterocycles. The van der Waals surface area contributed by atoms with Gasteiger partial charge in [0, 0.05) is 10.4 Å². The summed E-state index contributed by atoms with van der Waals surface area (Å²) < 4.78 is 10.7. The summed E-state index contributed by atoms with van der Waals surface area (Å²) in [6.07, 6.45) is 1.48. The number of carbonyl (C=O) groups excluding carboxylic acids is 2. The number of Topliss-reactive ketones (excluding diaryl/α,β-unsaturated/α-hetero) is 1. The second kappa shape index (κ2) is 7.36. The molecule has 7 heteroatoms. The lowest BCUT2D eigenvalue weighted by Crippen LogP contribution is -2.28. The normalized spacial score (nSPS) is 18.6. The first-order valence-electron chi connectivity index (χ1n) is 8.58.